The lowest BCUT2D eigenvalue weighted by Crippen LogP contribution is -2.51. The first kappa shape index (κ1) is 9.01. The van der Waals surface area contributed by atoms with Gasteiger partial charge in [-0.3, -0.25) is 0 Å². The van der Waals surface area contributed by atoms with Crippen molar-refractivity contribution in [3.63, 3.8) is 0 Å². The zero-order valence-corrected chi connectivity index (χ0v) is 7.93. The summed E-state index contributed by atoms with van der Waals surface area (Å²) in [4.78, 5) is 2.55. The van der Waals surface area contributed by atoms with E-state index >= 15 is 0 Å². The average molecular weight is 156 g/mol. The summed E-state index contributed by atoms with van der Waals surface area (Å²) in [6.45, 7) is 6.90. The molecule has 1 aliphatic carbocycles. The molecule has 0 aromatic rings. The molecule has 0 radical (unpaired) electrons. The van der Waals surface area contributed by atoms with Crippen LogP contribution in [-0.4, -0.2) is 37.1 Å². The van der Waals surface area contributed by atoms with Crippen molar-refractivity contribution in [3.05, 3.63) is 0 Å². The molecule has 1 fully saturated rings. The summed E-state index contributed by atoms with van der Waals surface area (Å²) in [6.07, 6.45) is 2.69. The quantitative estimate of drug-likeness (QED) is 0.655. The van der Waals surface area contributed by atoms with Crippen LogP contribution in [0.25, 0.3) is 0 Å². The Morgan fingerprint density at radius 1 is 1.27 bits per heavy atom. The maximum Gasteiger partial charge on any atom is 0.0125 e. The molecule has 1 aliphatic rings. The van der Waals surface area contributed by atoms with E-state index in [1.165, 1.54) is 25.9 Å². The Hall–Kier alpha value is -0.0800. The molecule has 0 spiro atoms. The van der Waals surface area contributed by atoms with Gasteiger partial charge in [0.05, 0.1) is 0 Å². The molecule has 66 valence electrons. The fourth-order valence-electron chi connectivity index (χ4n) is 1.86. The molecule has 0 aromatic heterocycles. The van der Waals surface area contributed by atoms with Crippen molar-refractivity contribution in [1.29, 1.82) is 0 Å². The largest absolute Gasteiger partial charge is 0.317 e. The predicted molar refractivity (Wildman–Crippen MR) is 48.8 cm³/mol. The number of hydrogen-bond acceptors (Lipinski definition) is 2. The molecule has 0 aliphatic heterocycles. The monoisotopic (exact) mass is 156 g/mol. The zero-order valence-electron chi connectivity index (χ0n) is 7.93. The van der Waals surface area contributed by atoms with Gasteiger partial charge in [0.2, 0.25) is 0 Å². The fraction of sp³-hybridized carbons (Fsp3) is 1.00. The lowest BCUT2D eigenvalue weighted by molar-refractivity contribution is 0.110. The lowest BCUT2D eigenvalue weighted by Gasteiger charge is -2.42. The molecule has 2 nitrogen and oxygen atoms in total. The molecular formula is C9H20N2. The van der Waals surface area contributed by atoms with Gasteiger partial charge in [0, 0.05) is 12.1 Å². The normalized spacial score (nSPS) is 30.5. The van der Waals surface area contributed by atoms with Crippen LogP contribution in [0.15, 0.2) is 0 Å². The molecule has 2 heteroatoms. The van der Waals surface area contributed by atoms with Gasteiger partial charge in [0.1, 0.15) is 0 Å². The third-order valence-corrected chi connectivity index (χ3v) is 2.85. The van der Waals surface area contributed by atoms with Crippen LogP contribution in [0, 0.1) is 0 Å². The topological polar surface area (TPSA) is 15.3 Å². The summed E-state index contributed by atoms with van der Waals surface area (Å²) in [5, 5.41) is 3.31. The fourth-order valence-corrected chi connectivity index (χ4v) is 1.86. The van der Waals surface area contributed by atoms with Crippen LogP contribution in [0.5, 0.6) is 0 Å². The Bertz CT molecular complexity index is 104. The van der Waals surface area contributed by atoms with E-state index in [1.54, 1.807) is 0 Å². The second-order valence-electron chi connectivity index (χ2n) is 3.33. The van der Waals surface area contributed by atoms with Crippen molar-refractivity contribution in [1.82, 2.24) is 10.2 Å². The minimum absolute atomic E-state index is 0.792. The first-order valence-corrected chi connectivity index (χ1v) is 4.73. The highest BCUT2D eigenvalue weighted by molar-refractivity contribution is 4.90. The summed E-state index contributed by atoms with van der Waals surface area (Å²) in [5.41, 5.74) is 0. The van der Waals surface area contributed by atoms with E-state index in [-0.39, 0.29) is 0 Å². The first-order chi connectivity index (χ1) is 5.31. The van der Waals surface area contributed by atoms with E-state index in [0.717, 1.165) is 12.1 Å². The third kappa shape index (κ3) is 1.94. The second kappa shape index (κ2) is 4.07. The van der Waals surface area contributed by atoms with Crippen LogP contribution < -0.4 is 5.32 Å². The summed E-state index contributed by atoms with van der Waals surface area (Å²) >= 11 is 0. The van der Waals surface area contributed by atoms with Crippen molar-refractivity contribution in [2.24, 2.45) is 0 Å². The van der Waals surface area contributed by atoms with Gasteiger partial charge in [-0.25, -0.2) is 0 Å². The maximum absolute atomic E-state index is 3.31. The standard InChI is InChI=1S/C9H20N2/c1-4-11(5-2)9-6-8(7-9)10-3/h8-10H,4-7H2,1-3H3. The molecule has 0 atom stereocenters. The van der Waals surface area contributed by atoms with Crippen LogP contribution in [0.4, 0.5) is 0 Å². The molecule has 0 saturated heterocycles. The van der Waals surface area contributed by atoms with Gasteiger partial charge in [-0.05, 0) is 33.0 Å². The highest BCUT2D eigenvalue weighted by atomic mass is 15.2. The van der Waals surface area contributed by atoms with Crippen LogP contribution in [0.2, 0.25) is 0 Å². The Balaban J connectivity index is 2.19. The van der Waals surface area contributed by atoms with Crippen molar-refractivity contribution in [3.8, 4) is 0 Å². The van der Waals surface area contributed by atoms with Crippen LogP contribution in [0.1, 0.15) is 26.7 Å². The molecule has 11 heavy (non-hydrogen) atoms. The summed E-state index contributed by atoms with van der Waals surface area (Å²) < 4.78 is 0. The number of nitrogens with zero attached hydrogens (tertiary/aromatic N) is 1. The van der Waals surface area contributed by atoms with Gasteiger partial charge in [0.15, 0.2) is 0 Å². The molecular weight excluding hydrogens is 136 g/mol. The molecule has 1 saturated carbocycles. The first-order valence-electron chi connectivity index (χ1n) is 4.73. The van der Waals surface area contributed by atoms with Gasteiger partial charge in [-0.15, -0.1) is 0 Å². The maximum atomic E-state index is 3.31. The molecule has 0 heterocycles. The summed E-state index contributed by atoms with van der Waals surface area (Å²) in [6, 6.07) is 1.66. The van der Waals surface area contributed by atoms with Crippen molar-refractivity contribution < 1.29 is 0 Å². The van der Waals surface area contributed by atoms with Gasteiger partial charge < -0.3 is 10.2 Å². The highest BCUT2D eigenvalue weighted by Gasteiger charge is 2.30. The highest BCUT2D eigenvalue weighted by Crippen LogP contribution is 2.24. The molecule has 0 bridgehead atoms. The molecule has 0 unspecified atom stereocenters. The Morgan fingerprint density at radius 3 is 2.18 bits per heavy atom. The Labute approximate surface area is 70.0 Å². The molecule has 1 N–H and O–H groups in total. The SMILES string of the molecule is CCN(CC)C1CC(NC)C1. The van der Waals surface area contributed by atoms with Crippen molar-refractivity contribution in [2.75, 3.05) is 20.1 Å². The minimum atomic E-state index is 0.792. The number of hydrogen-bond donors (Lipinski definition) is 1. The van der Waals surface area contributed by atoms with Gasteiger partial charge in [-0.1, -0.05) is 13.8 Å². The number of nitrogens with one attached hydrogen (secondary N) is 1. The summed E-state index contributed by atoms with van der Waals surface area (Å²) in [5.74, 6) is 0. The van der Waals surface area contributed by atoms with Crippen LogP contribution in [0.3, 0.4) is 0 Å². The number of rotatable bonds is 4. The van der Waals surface area contributed by atoms with Crippen molar-refractivity contribution in [2.45, 2.75) is 38.8 Å². The molecule has 0 aromatic carbocycles. The van der Waals surface area contributed by atoms with E-state index in [1.807, 2.05) is 0 Å². The van der Waals surface area contributed by atoms with Crippen LogP contribution >= 0.6 is 0 Å². The van der Waals surface area contributed by atoms with Crippen molar-refractivity contribution >= 4 is 0 Å². The molecule has 0 amide bonds. The van der Waals surface area contributed by atoms with Gasteiger partial charge in [-0.2, -0.15) is 0 Å². The van der Waals surface area contributed by atoms with E-state index in [2.05, 4.69) is 31.1 Å². The summed E-state index contributed by atoms with van der Waals surface area (Å²) in [7, 11) is 2.06. The minimum Gasteiger partial charge on any atom is -0.317 e. The smallest absolute Gasteiger partial charge is 0.0125 e. The Kier molecular flexibility index (Phi) is 3.34. The van der Waals surface area contributed by atoms with Crippen LogP contribution in [-0.2, 0) is 0 Å². The average Bonchev–Trinajstić information content (AvgIpc) is 1.95. The lowest BCUT2D eigenvalue weighted by atomic mass is 9.85. The third-order valence-electron chi connectivity index (χ3n) is 2.85. The van der Waals surface area contributed by atoms with Gasteiger partial charge in [0.25, 0.3) is 0 Å². The second-order valence-corrected chi connectivity index (χ2v) is 3.33. The molecule has 1 rings (SSSR count). The zero-order chi connectivity index (χ0) is 8.27. The van der Waals surface area contributed by atoms with E-state index in [0.29, 0.717) is 0 Å². The van der Waals surface area contributed by atoms with E-state index < -0.39 is 0 Å². The van der Waals surface area contributed by atoms with E-state index in [9.17, 15) is 0 Å². The van der Waals surface area contributed by atoms with E-state index in [4.69, 9.17) is 0 Å². The predicted octanol–water partition coefficient (Wildman–Crippen LogP) is 1.08. The Morgan fingerprint density at radius 2 is 1.82 bits per heavy atom. The van der Waals surface area contributed by atoms with Gasteiger partial charge >= 0.3 is 0 Å².